The summed E-state index contributed by atoms with van der Waals surface area (Å²) in [6.45, 7) is 9.32. The number of amides is 1. The molecule has 3 aromatic carbocycles. The summed E-state index contributed by atoms with van der Waals surface area (Å²) in [5, 5.41) is 6.61. The van der Waals surface area contributed by atoms with Gasteiger partial charge in [0.1, 0.15) is 29.2 Å². The number of morpholine rings is 1. The van der Waals surface area contributed by atoms with Crippen LogP contribution in [0, 0.1) is 18.6 Å². The van der Waals surface area contributed by atoms with E-state index in [2.05, 4.69) is 47.4 Å². The van der Waals surface area contributed by atoms with Gasteiger partial charge in [-0.15, -0.1) is 0 Å². The van der Waals surface area contributed by atoms with Crippen molar-refractivity contribution in [2.24, 2.45) is 0 Å². The SMILES string of the molecule is Cc1c(NC(=O)c2ccc(C(C)(C)OC(=O)C(F)(F)F)cc2F)cc(F)cc1-c1ncnc2[nH]c(-c3ccc(CN4CCC5(CC4)CNCCO5)cc3)cc12. The second-order valence-corrected chi connectivity index (χ2v) is 14.5. The summed E-state index contributed by atoms with van der Waals surface area (Å²) in [4.78, 5) is 39.3. The van der Waals surface area contributed by atoms with Crippen LogP contribution in [0.1, 0.15) is 53.7 Å². The Bertz CT molecular complexity index is 2240. The van der Waals surface area contributed by atoms with Gasteiger partial charge in [-0.1, -0.05) is 30.3 Å². The second kappa shape index (κ2) is 14.8. The van der Waals surface area contributed by atoms with Crippen molar-refractivity contribution >= 4 is 28.6 Å². The second-order valence-electron chi connectivity index (χ2n) is 14.5. The lowest BCUT2D eigenvalue weighted by Gasteiger charge is -2.44. The number of benzene rings is 3. The number of rotatable bonds is 8. The number of nitrogens with one attached hydrogen (secondary N) is 3. The Balaban J connectivity index is 1.07. The molecular formula is C40H39F5N6O4. The highest BCUT2D eigenvalue weighted by atomic mass is 19.4. The van der Waals surface area contributed by atoms with E-state index >= 15 is 8.78 Å². The number of piperidine rings is 1. The van der Waals surface area contributed by atoms with Crippen LogP contribution in [-0.4, -0.2) is 76.3 Å². The summed E-state index contributed by atoms with van der Waals surface area (Å²) in [6.07, 6.45) is -1.89. The van der Waals surface area contributed by atoms with Crippen LogP contribution in [0.4, 0.5) is 27.6 Å². The molecule has 3 N–H and O–H groups in total. The Morgan fingerprint density at radius 2 is 1.75 bits per heavy atom. The van der Waals surface area contributed by atoms with Gasteiger partial charge in [-0.3, -0.25) is 9.69 Å². The average molecular weight is 763 g/mol. The van der Waals surface area contributed by atoms with Crippen LogP contribution >= 0.6 is 0 Å². The van der Waals surface area contributed by atoms with Crippen LogP contribution in [0.25, 0.3) is 33.5 Å². The van der Waals surface area contributed by atoms with Gasteiger partial charge in [-0.2, -0.15) is 13.2 Å². The van der Waals surface area contributed by atoms with Crippen molar-refractivity contribution in [3.05, 3.63) is 101 Å². The fraction of sp³-hybridized carbons (Fsp3) is 0.350. The summed E-state index contributed by atoms with van der Waals surface area (Å²) in [6, 6.07) is 15.6. The Morgan fingerprint density at radius 3 is 2.42 bits per heavy atom. The van der Waals surface area contributed by atoms with E-state index in [1.807, 2.05) is 18.2 Å². The van der Waals surface area contributed by atoms with E-state index in [9.17, 15) is 22.8 Å². The number of aromatic amines is 1. The molecule has 2 saturated heterocycles. The monoisotopic (exact) mass is 762 g/mol. The van der Waals surface area contributed by atoms with Gasteiger partial charge in [0.2, 0.25) is 0 Å². The molecule has 0 saturated carbocycles. The van der Waals surface area contributed by atoms with Crippen LogP contribution in [0.5, 0.6) is 0 Å². The molecule has 2 fully saturated rings. The first kappa shape index (κ1) is 38.0. The molecule has 4 heterocycles. The largest absolute Gasteiger partial charge is 0.490 e. The summed E-state index contributed by atoms with van der Waals surface area (Å²) in [5.41, 5.74) is 2.19. The number of nitrogens with zero attached hydrogens (tertiary/aromatic N) is 3. The molecule has 0 bridgehead atoms. The third-order valence-corrected chi connectivity index (χ3v) is 10.4. The lowest BCUT2D eigenvalue weighted by Crippen LogP contribution is -2.55. The number of H-pyrrole nitrogens is 1. The highest BCUT2D eigenvalue weighted by molar-refractivity contribution is 6.06. The Hall–Kier alpha value is -5.25. The van der Waals surface area contributed by atoms with Crippen LogP contribution in [0.2, 0.25) is 0 Å². The maximum atomic E-state index is 15.2. The van der Waals surface area contributed by atoms with Crippen LogP contribution in [-0.2, 0) is 26.4 Å². The molecule has 0 aliphatic carbocycles. The number of aromatic nitrogens is 3. The quantitative estimate of drug-likeness (QED) is 0.110. The highest BCUT2D eigenvalue weighted by Gasteiger charge is 2.44. The highest BCUT2D eigenvalue weighted by Crippen LogP contribution is 2.36. The number of halogens is 5. The van der Waals surface area contributed by atoms with Crippen LogP contribution < -0.4 is 10.6 Å². The first-order valence-electron chi connectivity index (χ1n) is 17.8. The van der Waals surface area contributed by atoms with Gasteiger partial charge in [0.25, 0.3) is 5.91 Å². The first-order valence-corrected chi connectivity index (χ1v) is 17.8. The number of esters is 1. The molecule has 2 aliphatic heterocycles. The minimum Gasteiger partial charge on any atom is -0.448 e. The molecule has 7 rings (SSSR count). The fourth-order valence-electron chi connectivity index (χ4n) is 7.17. The van der Waals surface area contributed by atoms with Gasteiger partial charge in [0.05, 0.1) is 23.5 Å². The minimum atomic E-state index is -5.24. The molecule has 10 nitrogen and oxygen atoms in total. The van der Waals surface area contributed by atoms with Crippen molar-refractivity contribution in [3.63, 3.8) is 0 Å². The van der Waals surface area contributed by atoms with E-state index in [1.165, 1.54) is 24.0 Å². The number of anilines is 1. The van der Waals surface area contributed by atoms with Crippen LogP contribution in [0.15, 0.2) is 67.0 Å². The van der Waals surface area contributed by atoms with E-state index < -0.39 is 40.9 Å². The summed E-state index contributed by atoms with van der Waals surface area (Å²) < 4.78 is 79.3. The Kier molecular flexibility index (Phi) is 10.2. The zero-order valence-corrected chi connectivity index (χ0v) is 30.4. The Morgan fingerprint density at radius 1 is 1.00 bits per heavy atom. The Labute approximate surface area is 313 Å². The van der Waals surface area contributed by atoms with E-state index in [0.717, 1.165) is 95.5 Å². The smallest absolute Gasteiger partial charge is 0.448 e. The van der Waals surface area contributed by atoms with Crippen molar-refractivity contribution in [2.75, 3.05) is 38.1 Å². The maximum Gasteiger partial charge on any atom is 0.490 e. The van der Waals surface area contributed by atoms with E-state index in [-0.39, 0.29) is 16.9 Å². The number of hydrogen-bond acceptors (Lipinski definition) is 8. The standard InChI is InChI=1S/C40H39F5N6O4/c1-23-29(17-27(41)18-32(23)50-36(52)28-9-8-26(16-31(28)42)38(2,3)55-37(53)40(43,44)45)34-30-19-33(49-35(30)48-22-47-34)25-6-4-24(5-7-25)20-51-13-10-39(11-14-51)21-46-12-15-54-39/h4-9,16-19,22,46H,10-15,20-21H2,1-3H3,(H,50,52)(H,47,48,49). The molecule has 15 heteroatoms. The number of fused-ring (bicyclic) bond motifs is 1. The molecule has 0 atom stereocenters. The lowest BCUT2D eigenvalue weighted by atomic mass is 9.90. The predicted octanol–water partition coefficient (Wildman–Crippen LogP) is 7.43. The van der Waals surface area contributed by atoms with Crippen molar-refractivity contribution in [3.8, 4) is 22.5 Å². The van der Waals surface area contributed by atoms with Gasteiger partial charge in [0.15, 0.2) is 0 Å². The number of ether oxygens (including phenoxy) is 2. The molecule has 0 unspecified atom stereocenters. The van der Waals surface area contributed by atoms with E-state index in [0.29, 0.717) is 27.9 Å². The van der Waals surface area contributed by atoms with Crippen molar-refractivity contribution in [2.45, 2.75) is 57.5 Å². The molecular weight excluding hydrogens is 723 g/mol. The summed E-state index contributed by atoms with van der Waals surface area (Å²) >= 11 is 0. The fourth-order valence-corrected chi connectivity index (χ4v) is 7.17. The molecule has 0 radical (unpaired) electrons. The molecule has 1 spiro atoms. The number of carbonyl (C=O) groups is 2. The van der Waals surface area contributed by atoms with Gasteiger partial charge in [0, 0.05) is 55.1 Å². The molecule has 55 heavy (non-hydrogen) atoms. The average Bonchev–Trinajstić information content (AvgIpc) is 3.59. The third kappa shape index (κ3) is 8.09. The molecule has 2 aromatic heterocycles. The van der Waals surface area contributed by atoms with Gasteiger partial charge in [-0.25, -0.2) is 23.5 Å². The number of hydrogen-bond donors (Lipinski definition) is 3. The normalized spacial score (nSPS) is 16.4. The zero-order chi connectivity index (χ0) is 39.1. The van der Waals surface area contributed by atoms with E-state index in [1.54, 1.807) is 6.92 Å². The molecule has 288 valence electrons. The molecule has 2 aliphatic rings. The number of carbonyl (C=O) groups excluding carboxylic acids is 2. The minimum absolute atomic E-state index is 0.0456. The topological polar surface area (TPSA) is 121 Å². The molecule has 1 amide bonds. The number of alkyl halides is 3. The first-order chi connectivity index (χ1) is 26.1. The van der Waals surface area contributed by atoms with Gasteiger partial charge in [-0.05, 0) is 86.2 Å². The van der Waals surface area contributed by atoms with Crippen molar-refractivity contribution in [1.82, 2.24) is 25.2 Å². The lowest BCUT2D eigenvalue weighted by molar-refractivity contribution is -0.212. The predicted molar refractivity (Wildman–Crippen MR) is 195 cm³/mol. The van der Waals surface area contributed by atoms with Crippen molar-refractivity contribution < 1.29 is 41.0 Å². The number of likely N-dealkylation sites (tertiary alicyclic amines) is 1. The van der Waals surface area contributed by atoms with Gasteiger partial charge < -0.3 is 25.1 Å². The zero-order valence-electron chi connectivity index (χ0n) is 30.4. The van der Waals surface area contributed by atoms with Gasteiger partial charge >= 0.3 is 12.1 Å². The summed E-state index contributed by atoms with van der Waals surface area (Å²) in [5.74, 6) is -5.15. The maximum absolute atomic E-state index is 15.2. The third-order valence-electron chi connectivity index (χ3n) is 10.4. The summed E-state index contributed by atoms with van der Waals surface area (Å²) in [7, 11) is 0. The van der Waals surface area contributed by atoms with E-state index in [4.69, 9.17) is 4.74 Å². The van der Waals surface area contributed by atoms with Crippen LogP contribution in [0.3, 0.4) is 0 Å². The van der Waals surface area contributed by atoms with Crippen molar-refractivity contribution in [1.29, 1.82) is 0 Å². The molecule has 5 aromatic rings.